The van der Waals surface area contributed by atoms with Gasteiger partial charge in [0.1, 0.15) is 0 Å². The lowest BCUT2D eigenvalue weighted by atomic mass is 9.97. The van der Waals surface area contributed by atoms with Crippen LogP contribution in [-0.4, -0.2) is 23.7 Å². The summed E-state index contributed by atoms with van der Waals surface area (Å²) in [5.41, 5.74) is 0. The number of nitrogens with one attached hydrogen (secondary N) is 1. The predicted octanol–water partition coefficient (Wildman–Crippen LogP) is 3.12. The average molecular weight is 257 g/mol. The van der Waals surface area contributed by atoms with Crippen LogP contribution in [0.25, 0.3) is 0 Å². The van der Waals surface area contributed by atoms with Crippen molar-refractivity contribution in [1.82, 2.24) is 5.32 Å². The van der Waals surface area contributed by atoms with E-state index in [2.05, 4.69) is 19.2 Å². The van der Waals surface area contributed by atoms with E-state index in [1.165, 1.54) is 19.3 Å². The van der Waals surface area contributed by atoms with Gasteiger partial charge in [-0.25, -0.2) is 0 Å². The number of amides is 1. The number of aliphatic hydroxyl groups is 1. The summed E-state index contributed by atoms with van der Waals surface area (Å²) in [7, 11) is 0. The first-order valence-corrected chi connectivity index (χ1v) is 7.48. The minimum Gasteiger partial charge on any atom is -0.391 e. The molecule has 0 heterocycles. The Kier molecular flexibility index (Phi) is 10.0. The van der Waals surface area contributed by atoms with Gasteiger partial charge in [0.05, 0.1) is 6.10 Å². The largest absolute Gasteiger partial charge is 0.391 e. The van der Waals surface area contributed by atoms with Gasteiger partial charge in [-0.1, -0.05) is 53.4 Å². The first-order valence-electron chi connectivity index (χ1n) is 7.48. The summed E-state index contributed by atoms with van der Waals surface area (Å²) in [5.74, 6) is 0.407. The third-order valence-electron chi connectivity index (χ3n) is 3.52. The molecular weight excluding hydrogens is 226 g/mol. The van der Waals surface area contributed by atoms with Crippen LogP contribution in [0.1, 0.15) is 66.2 Å². The molecule has 0 radical (unpaired) electrons. The normalized spacial score (nSPS) is 14.6. The topological polar surface area (TPSA) is 49.3 Å². The second kappa shape index (κ2) is 10.4. The standard InChI is InChI=1S/C15H31NO2/c1-5-7-8-9-10-13(6-2)15(18)16-11-14(17)12(3)4/h12-14,17H,5-11H2,1-4H3,(H,16,18). The monoisotopic (exact) mass is 257 g/mol. The van der Waals surface area contributed by atoms with Gasteiger partial charge in [0.2, 0.25) is 5.91 Å². The minimum atomic E-state index is -0.438. The van der Waals surface area contributed by atoms with E-state index in [-0.39, 0.29) is 17.7 Å². The van der Waals surface area contributed by atoms with Gasteiger partial charge >= 0.3 is 0 Å². The second-order valence-corrected chi connectivity index (χ2v) is 5.51. The summed E-state index contributed by atoms with van der Waals surface area (Å²) in [4.78, 5) is 11.9. The molecule has 0 aliphatic rings. The Morgan fingerprint density at radius 3 is 2.33 bits per heavy atom. The molecule has 0 bridgehead atoms. The molecule has 0 aromatic carbocycles. The van der Waals surface area contributed by atoms with Gasteiger partial charge in [0, 0.05) is 12.5 Å². The highest BCUT2D eigenvalue weighted by molar-refractivity contribution is 5.78. The minimum absolute atomic E-state index is 0.105. The van der Waals surface area contributed by atoms with Crippen molar-refractivity contribution in [2.75, 3.05) is 6.54 Å². The molecule has 0 rings (SSSR count). The highest BCUT2D eigenvalue weighted by atomic mass is 16.3. The highest BCUT2D eigenvalue weighted by Gasteiger charge is 2.17. The van der Waals surface area contributed by atoms with Crippen molar-refractivity contribution in [3.63, 3.8) is 0 Å². The molecule has 0 aliphatic carbocycles. The zero-order chi connectivity index (χ0) is 14.0. The van der Waals surface area contributed by atoms with Gasteiger partial charge in [0.25, 0.3) is 0 Å². The number of hydrogen-bond acceptors (Lipinski definition) is 2. The van der Waals surface area contributed by atoms with Gasteiger partial charge in [-0.2, -0.15) is 0 Å². The Bertz CT molecular complexity index is 217. The van der Waals surface area contributed by atoms with Crippen LogP contribution in [0.5, 0.6) is 0 Å². The van der Waals surface area contributed by atoms with Crippen molar-refractivity contribution in [3.8, 4) is 0 Å². The van der Waals surface area contributed by atoms with Crippen molar-refractivity contribution in [2.45, 2.75) is 72.3 Å². The number of unbranched alkanes of at least 4 members (excludes halogenated alkanes) is 3. The van der Waals surface area contributed by atoms with Crippen LogP contribution in [0.2, 0.25) is 0 Å². The summed E-state index contributed by atoms with van der Waals surface area (Å²) in [6.07, 6.45) is 6.25. The number of carbonyl (C=O) groups excluding carboxylic acids is 1. The smallest absolute Gasteiger partial charge is 0.223 e. The quantitative estimate of drug-likeness (QED) is 0.591. The first kappa shape index (κ1) is 17.4. The molecule has 1 amide bonds. The molecule has 108 valence electrons. The fraction of sp³-hybridized carbons (Fsp3) is 0.933. The first-order chi connectivity index (χ1) is 8.52. The third-order valence-corrected chi connectivity index (χ3v) is 3.52. The maximum Gasteiger partial charge on any atom is 0.223 e. The molecule has 0 spiro atoms. The summed E-state index contributed by atoms with van der Waals surface area (Å²) in [5, 5.41) is 12.5. The maximum absolute atomic E-state index is 11.9. The van der Waals surface area contributed by atoms with Gasteiger partial charge in [-0.15, -0.1) is 0 Å². The molecule has 0 fully saturated rings. The number of hydrogen-bond donors (Lipinski definition) is 2. The molecule has 3 heteroatoms. The summed E-state index contributed by atoms with van der Waals surface area (Å²) >= 11 is 0. The predicted molar refractivity (Wildman–Crippen MR) is 76.4 cm³/mol. The van der Waals surface area contributed by atoms with E-state index in [0.29, 0.717) is 6.54 Å². The number of aliphatic hydroxyl groups excluding tert-OH is 1. The molecular formula is C15H31NO2. The van der Waals surface area contributed by atoms with E-state index < -0.39 is 6.10 Å². The Morgan fingerprint density at radius 2 is 1.83 bits per heavy atom. The van der Waals surface area contributed by atoms with Crippen LogP contribution in [0.15, 0.2) is 0 Å². The lowest BCUT2D eigenvalue weighted by Gasteiger charge is -2.18. The van der Waals surface area contributed by atoms with E-state index >= 15 is 0 Å². The average Bonchev–Trinajstić information content (AvgIpc) is 2.35. The number of rotatable bonds is 10. The van der Waals surface area contributed by atoms with Gasteiger partial charge < -0.3 is 10.4 Å². The maximum atomic E-state index is 11.9. The van der Waals surface area contributed by atoms with Crippen molar-refractivity contribution in [1.29, 1.82) is 0 Å². The molecule has 3 nitrogen and oxygen atoms in total. The van der Waals surface area contributed by atoms with Gasteiger partial charge in [-0.3, -0.25) is 4.79 Å². The van der Waals surface area contributed by atoms with Gasteiger partial charge in [-0.05, 0) is 18.8 Å². The van der Waals surface area contributed by atoms with Crippen molar-refractivity contribution < 1.29 is 9.90 Å². The molecule has 0 saturated heterocycles. The fourth-order valence-corrected chi connectivity index (χ4v) is 1.92. The highest BCUT2D eigenvalue weighted by Crippen LogP contribution is 2.14. The lowest BCUT2D eigenvalue weighted by Crippen LogP contribution is -2.38. The molecule has 0 saturated carbocycles. The van der Waals surface area contributed by atoms with Crippen LogP contribution in [0.4, 0.5) is 0 Å². The fourth-order valence-electron chi connectivity index (χ4n) is 1.92. The van der Waals surface area contributed by atoms with Crippen LogP contribution >= 0.6 is 0 Å². The Balaban J connectivity index is 3.88. The summed E-state index contributed by atoms with van der Waals surface area (Å²) in [6, 6.07) is 0. The van der Waals surface area contributed by atoms with Gasteiger partial charge in [0.15, 0.2) is 0 Å². The van der Waals surface area contributed by atoms with Crippen LogP contribution in [-0.2, 0) is 4.79 Å². The third kappa shape index (κ3) is 7.70. The van der Waals surface area contributed by atoms with Crippen LogP contribution in [0, 0.1) is 11.8 Å². The van der Waals surface area contributed by atoms with Crippen LogP contribution in [0.3, 0.4) is 0 Å². The molecule has 0 aliphatic heterocycles. The molecule has 0 aromatic heterocycles. The van der Waals surface area contributed by atoms with E-state index in [1.54, 1.807) is 0 Å². The Hall–Kier alpha value is -0.570. The summed E-state index contributed by atoms with van der Waals surface area (Å²) in [6.45, 7) is 8.54. The van der Waals surface area contributed by atoms with E-state index in [9.17, 15) is 9.90 Å². The molecule has 0 aromatic rings. The van der Waals surface area contributed by atoms with Crippen LogP contribution < -0.4 is 5.32 Å². The van der Waals surface area contributed by atoms with Crippen molar-refractivity contribution >= 4 is 5.91 Å². The number of carbonyl (C=O) groups is 1. The molecule has 2 unspecified atom stereocenters. The second-order valence-electron chi connectivity index (χ2n) is 5.51. The van der Waals surface area contributed by atoms with Crippen molar-refractivity contribution in [3.05, 3.63) is 0 Å². The van der Waals surface area contributed by atoms with E-state index in [4.69, 9.17) is 0 Å². The summed E-state index contributed by atoms with van der Waals surface area (Å²) < 4.78 is 0. The van der Waals surface area contributed by atoms with E-state index in [0.717, 1.165) is 19.3 Å². The Labute approximate surface area is 112 Å². The Morgan fingerprint density at radius 1 is 1.17 bits per heavy atom. The van der Waals surface area contributed by atoms with E-state index in [1.807, 2.05) is 13.8 Å². The molecule has 2 N–H and O–H groups in total. The van der Waals surface area contributed by atoms with Crippen molar-refractivity contribution in [2.24, 2.45) is 11.8 Å². The lowest BCUT2D eigenvalue weighted by molar-refractivity contribution is -0.125. The zero-order valence-electron chi connectivity index (χ0n) is 12.5. The SMILES string of the molecule is CCCCCCC(CC)C(=O)NCC(O)C(C)C. The molecule has 2 atom stereocenters. The zero-order valence-corrected chi connectivity index (χ0v) is 12.5. The molecule has 18 heavy (non-hydrogen) atoms.